The number of aromatic carboxylic acids is 1. The Labute approximate surface area is 230 Å². The lowest BCUT2D eigenvalue weighted by Gasteiger charge is -2.09. The summed E-state index contributed by atoms with van der Waals surface area (Å²) in [5.74, 6) is -3.45. The van der Waals surface area contributed by atoms with Crippen LogP contribution in [0.5, 0.6) is 5.75 Å². The minimum Gasteiger partial charge on any atom is -0.507 e. The molecular formula is C32H25NO7. The van der Waals surface area contributed by atoms with Crippen molar-refractivity contribution in [2.75, 3.05) is 0 Å². The highest BCUT2D eigenvalue weighted by Gasteiger charge is 2.17. The predicted molar refractivity (Wildman–Crippen MR) is 150 cm³/mol. The molecule has 0 atom stereocenters. The number of hydrogen-bond acceptors (Lipinski definition) is 5. The molecule has 0 saturated carbocycles. The molecule has 0 aromatic heterocycles. The van der Waals surface area contributed by atoms with Crippen molar-refractivity contribution in [1.29, 1.82) is 5.26 Å². The smallest absolute Gasteiger partial charge is 0.347 e. The van der Waals surface area contributed by atoms with Crippen molar-refractivity contribution in [2.24, 2.45) is 0 Å². The summed E-state index contributed by atoms with van der Waals surface area (Å²) in [6.45, 7) is 0. The van der Waals surface area contributed by atoms with Gasteiger partial charge in [0.15, 0.2) is 0 Å². The summed E-state index contributed by atoms with van der Waals surface area (Å²) < 4.78 is 0. The standard InChI is InChI=1S/C16H11NO2.C9H8O2.C7H6O3/c17-11-14(16(18)19)15(12-7-3-1-4-8-12)13-9-5-2-6-10-13;10-9(11)7-6-8-4-2-1-3-5-8;8-6-4-2-1-3-5(6)7(9)10/h1-10H,(H,18,19);1-7H,(H,10,11);1-4,8H,(H,9,10)/b;7-6+;. The summed E-state index contributed by atoms with van der Waals surface area (Å²) in [5.41, 5.74) is 2.45. The van der Waals surface area contributed by atoms with E-state index in [9.17, 15) is 19.5 Å². The molecule has 0 saturated heterocycles. The van der Waals surface area contributed by atoms with Crippen molar-refractivity contribution < 1.29 is 34.8 Å². The van der Waals surface area contributed by atoms with Gasteiger partial charge in [-0.25, -0.2) is 14.4 Å². The lowest BCUT2D eigenvalue weighted by Crippen LogP contribution is -2.03. The summed E-state index contributed by atoms with van der Waals surface area (Å²) in [6, 6.07) is 35.0. The zero-order chi connectivity index (χ0) is 29.3. The van der Waals surface area contributed by atoms with Gasteiger partial charge in [0.05, 0.1) is 0 Å². The van der Waals surface area contributed by atoms with Crippen LogP contribution in [0.1, 0.15) is 27.0 Å². The Kier molecular flexibility index (Phi) is 12.1. The first-order chi connectivity index (χ1) is 19.2. The van der Waals surface area contributed by atoms with Crippen LogP contribution in [0.15, 0.2) is 127 Å². The second-order valence-corrected chi connectivity index (χ2v) is 7.80. The van der Waals surface area contributed by atoms with Crippen LogP contribution in [0.3, 0.4) is 0 Å². The van der Waals surface area contributed by atoms with E-state index in [1.54, 1.807) is 48.5 Å². The van der Waals surface area contributed by atoms with Gasteiger partial charge in [0.25, 0.3) is 0 Å². The molecule has 8 heteroatoms. The maximum atomic E-state index is 11.2. The van der Waals surface area contributed by atoms with Gasteiger partial charge in [-0.3, -0.25) is 0 Å². The molecule has 0 fully saturated rings. The summed E-state index contributed by atoms with van der Waals surface area (Å²) in [7, 11) is 0. The maximum Gasteiger partial charge on any atom is 0.347 e. The fourth-order valence-electron chi connectivity index (χ4n) is 3.26. The van der Waals surface area contributed by atoms with E-state index in [2.05, 4.69) is 0 Å². The third-order valence-electron chi connectivity index (χ3n) is 5.05. The number of hydrogen-bond donors (Lipinski definition) is 4. The fraction of sp³-hybridized carbons (Fsp3) is 0. The first-order valence-electron chi connectivity index (χ1n) is 11.7. The number of rotatable bonds is 6. The van der Waals surface area contributed by atoms with Crippen LogP contribution in [-0.2, 0) is 9.59 Å². The number of carbonyl (C=O) groups is 3. The monoisotopic (exact) mass is 535 g/mol. The van der Waals surface area contributed by atoms with Gasteiger partial charge >= 0.3 is 17.9 Å². The van der Waals surface area contributed by atoms with Gasteiger partial charge < -0.3 is 20.4 Å². The molecule has 0 aliphatic rings. The zero-order valence-electron chi connectivity index (χ0n) is 21.1. The largest absolute Gasteiger partial charge is 0.507 e. The second kappa shape index (κ2) is 16.0. The molecule has 8 nitrogen and oxygen atoms in total. The molecule has 4 aromatic rings. The number of aromatic hydroxyl groups is 1. The van der Waals surface area contributed by atoms with Crippen LogP contribution in [0.4, 0.5) is 0 Å². The van der Waals surface area contributed by atoms with Gasteiger partial charge in [-0.2, -0.15) is 5.26 Å². The molecule has 4 rings (SSSR count). The molecule has 4 N–H and O–H groups in total. The van der Waals surface area contributed by atoms with Crippen molar-refractivity contribution in [1.82, 2.24) is 0 Å². The van der Waals surface area contributed by atoms with E-state index in [1.165, 1.54) is 12.1 Å². The number of aliphatic carboxylic acids is 2. The minimum atomic E-state index is -1.22. The Balaban J connectivity index is 0.000000228. The lowest BCUT2D eigenvalue weighted by molar-refractivity contribution is -0.132. The summed E-state index contributed by atoms with van der Waals surface area (Å²) in [4.78, 5) is 31.6. The van der Waals surface area contributed by atoms with Crippen molar-refractivity contribution in [2.45, 2.75) is 0 Å². The number of nitriles is 1. The lowest BCUT2D eigenvalue weighted by atomic mass is 9.93. The second-order valence-electron chi connectivity index (χ2n) is 7.80. The highest BCUT2D eigenvalue weighted by molar-refractivity contribution is 6.04. The van der Waals surface area contributed by atoms with Gasteiger partial charge in [0.1, 0.15) is 23.0 Å². The molecule has 0 heterocycles. The van der Waals surface area contributed by atoms with Crippen molar-refractivity contribution >= 4 is 29.6 Å². The predicted octanol–water partition coefficient (Wildman–Crippen LogP) is 5.97. The van der Waals surface area contributed by atoms with Crippen LogP contribution in [0.25, 0.3) is 11.6 Å². The average Bonchev–Trinajstić information content (AvgIpc) is 2.97. The Morgan fingerprint density at radius 3 is 1.48 bits per heavy atom. The summed E-state index contributed by atoms with van der Waals surface area (Å²) in [6.07, 6.45) is 2.68. The number of nitrogens with zero attached hydrogens (tertiary/aromatic N) is 1. The average molecular weight is 536 g/mol. The molecule has 0 radical (unpaired) electrons. The minimum absolute atomic E-state index is 0.0671. The Morgan fingerprint density at radius 2 is 1.10 bits per heavy atom. The molecular weight excluding hydrogens is 510 g/mol. The first kappa shape index (κ1) is 30.3. The zero-order valence-corrected chi connectivity index (χ0v) is 21.1. The van der Waals surface area contributed by atoms with Gasteiger partial charge in [-0.05, 0) is 34.9 Å². The fourth-order valence-corrected chi connectivity index (χ4v) is 3.26. The highest BCUT2D eigenvalue weighted by Crippen LogP contribution is 2.26. The van der Waals surface area contributed by atoms with Crippen LogP contribution in [0.2, 0.25) is 0 Å². The van der Waals surface area contributed by atoms with Gasteiger partial charge in [-0.15, -0.1) is 0 Å². The number of benzene rings is 4. The number of carboxylic acid groups (broad SMARTS) is 3. The molecule has 4 aromatic carbocycles. The van der Waals surface area contributed by atoms with Crippen molar-refractivity contribution in [3.05, 3.63) is 149 Å². The Morgan fingerprint density at radius 1 is 0.650 bits per heavy atom. The van der Waals surface area contributed by atoms with Crippen molar-refractivity contribution in [3.8, 4) is 11.8 Å². The van der Waals surface area contributed by atoms with Crippen LogP contribution in [-0.4, -0.2) is 38.3 Å². The Hall–Kier alpha value is -5.94. The Bertz CT molecular complexity index is 1480. The SMILES string of the molecule is N#CC(C(=O)O)=C(c1ccccc1)c1ccccc1.O=C(O)/C=C/c1ccccc1.O=C(O)c1ccccc1O. The first-order valence-corrected chi connectivity index (χ1v) is 11.7. The molecule has 0 aliphatic carbocycles. The highest BCUT2D eigenvalue weighted by atomic mass is 16.4. The quantitative estimate of drug-likeness (QED) is 0.174. The number of carboxylic acids is 3. The number of phenols is 1. The van der Waals surface area contributed by atoms with E-state index >= 15 is 0 Å². The number of para-hydroxylation sites is 1. The third-order valence-corrected chi connectivity index (χ3v) is 5.05. The summed E-state index contributed by atoms with van der Waals surface area (Å²) in [5, 5.41) is 43.9. The molecule has 200 valence electrons. The van der Waals surface area contributed by atoms with E-state index < -0.39 is 17.9 Å². The van der Waals surface area contributed by atoms with Gasteiger partial charge in [0.2, 0.25) is 0 Å². The topological polar surface area (TPSA) is 156 Å². The van der Waals surface area contributed by atoms with E-state index in [0.29, 0.717) is 16.7 Å². The molecule has 40 heavy (non-hydrogen) atoms. The molecule has 0 amide bonds. The third kappa shape index (κ3) is 9.84. The summed E-state index contributed by atoms with van der Waals surface area (Å²) >= 11 is 0. The molecule has 0 bridgehead atoms. The van der Waals surface area contributed by atoms with Gasteiger partial charge in [0, 0.05) is 11.6 Å². The van der Waals surface area contributed by atoms with E-state index in [4.69, 9.17) is 20.6 Å². The van der Waals surface area contributed by atoms with E-state index in [1.807, 2.05) is 66.7 Å². The van der Waals surface area contributed by atoms with Crippen LogP contribution in [0, 0.1) is 11.3 Å². The van der Waals surface area contributed by atoms with Gasteiger partial charge in [-0.1, -0.05) is 103 Å². The normalized spacial score (nSPS) is 9.57. The van der Waals surface area contributed by atoms with Crippen LogP contribution >= 0.6 is 0 Å². The maximum absolute atomic E-state index is 11.2. The molecule has 0 unspecified atom stereocenters. The van der Waals surface area contributed by atoms with E-state index in [-0.39, 0.29) is 16.9 Å². The van der Waals surface area contributed by atoms with Crippen molar-refractivity contribution in [3.63, 3.8) is 0 Å². The van der Waals surface area contributed by atoms with Crippen LogP contribution < -0.4 is 0 Å². The molecule has 0 spiro atoms. The molecule has 0 aliphatic heterocycles. The van der Waals surface area contributed by atoms with E-state index in [0.717, 1.165) is 11.6 Å².